The molecule has 0 aliphatic carbocycles. The molecule has 1 heterocycles. The van der Waals surface area contributed by atoms with Crippen molar-refractivity contribution in [3.8, 4) is 6.07 Å². The van der Waals surface area contributed by atoms with Gasteiger partial charge >= 0.3 is 0 Å². The topological polar surface area (TPSA) is 39.1 Å². The fourth-order valence-electron chi connectivity index (χ4n) is 2.57. The lowest BCUT2D eigenvalue weighted by molar-refractivity contribution is 0.549. The highest BCUT2D eigenvalue weighted by atomic mass is 32.2. The lowest BCUT2D eigenvalue weighted by atomic mass is 10.1. The van der Waals surface area contributed by atoms with Crippen LogP contribution in [-0.4, -0.2) is 32.9 Å². The lowest BCUT2D eigenvalue weighted by Crippen LogP contribution is -2.24. The molecule has 0 amide bonds. The van der Waals surface area contributed by atoms with Gasteiger partial charge in [0, 0.05) is 18.0 Å². The summed E-state index contributed by atoms with van der Waals surface area (Å²) in [5, 5.41) is 12.6. The third-order valence-corrected chi connectivity index (χ3v) is 4.24. The number of nitriles is 1. The van der Waals surface area contributed by atoms with Crippen LogP contribution in [0.5, 0.6) is 0 Å². The van der Waals surface area contributed by atoms with Crippen molar-refractivity contribution < 1.29 is 0 Å². The summed E-state index contributed by atoms with van der Waals surface area (Å²) in [5.41, 5.74) is 1.93. The van der Waals surface area contributed by atoms with E-state index >= 15 is 0 Å². The summed E-state index contributed by atoms with van der Waals surface area (Å²) in [6.07, 6.45) is 3.23. The van der Waals surface area contributed by atoms with Crippen LogP contribution in [-0.2, 0) is 0 Å². The van der Waals surface area contributed by atoms with Gasteiger partial charge < -0.3 is 10.2 Å². The van der Waals surface area contributed by atoms with Gasteiger partial charge in [-0.2, -0.15) is 5.26 Å². The average Bonchev–Trinajstić information content (AvgIpc) is 2.86. The van der Waals surface area contributed by atoms with Gasteiger partial charge in [-0.1, -0.05) is 6.07 Å². The van der Waals surface area contributed by atoms with Crippen LogP contribution in [0.1, 0.15) is 12.0 Å². The minimum absolute atomic E-state index is 0.694. The van der Waals surface area contributed by atoms with Gasteiger partial charge in [0.15, 0.2) is 0 Å². The van der Waals surface area contributed by atoms with Gasteiger partial charge in [0.05, 0.1) is 11.3 Å². The summed E-state index contributed by atoms with van der Waals surface area (Å²) < 4.78 is 0. The molecule has 3 nitrogen and oxygen atoms in total. The third-order valence-electron chi connectivity index (χ3n) is 3.46. The van der Waals surface area contributed by atoms with Crippen LogP contribution in [0.15, 0.2) is 23.1 Å². The summed E-state index contributed by atoms with van der Waals surface area (Å²) in [4.78, 5) is 3.42. The zero-order valence-electron chi connectivity index (χ0n) is 10.9. The number of nitrogens with one attached hydrogen (secondary N) is 1. The van der Waals surface area contributed by atoms with Crippen LogP contribution in [0, 0.1) is 17.2 Å². The first-order valence-corrected chi connectivity index (χ1v) is 7.49. The zero-order chi connectivity index (χ0) is 13.0. The van der Waals surface area contributed by atoms with E-state index < -0.39 is 0 Å². The molecule has 18 heavy (non-hydrogen) atoms. The molecule has 1 aliphatic heterocycles. The van der Waals surface area contributed by atoms with Crippen molar-refractivity contribution in [3.63, 3.8) is 0 Å². The average molecular weight is 261 g/mol. The number of benzene rings is 1. The molecule has 0 spiro atoms. The molecule has 0 radical (unpaired) electrons. The van der Waals surface area contributed by atoms with Crippen LogP contribution in [0.4, 0.5) is 5.69 Å². The fourth-order valence-corrected chi connectivity index (χ4v) is 3.14. The van der Waals surface area contributed by atoms with Crippen molar-refractivity contribution in [2.75, 3.05) is 37.8 Å². The lowest BCUT2D eigenvalue weighted by Gasteiger charge is -2.21. The molecule has 1 saturated heterocycles. The molecule has 1 N–H and O–H groups in total. The van der Waals surface area contributed by atoms with Crippen molar-refractivity contribution in [1.82, 2.24) is 5.32 Å². The molecule has 1 fully saturated rings. The van der Waals surface area contributed by atoms with E-state index in [1.807, 2.05) is 25.4 Å². The van der Waals surface area contributed by atoms with E-state index in [-0.39, 0.29) is 0 Å². The van der Waals surface area contributed by atoms with Crippen LogP contribution >= 0.6 is 11.8 Å². The Bertz CT molecular complexity index is 453. The summed E-state index contributed by atoms with van der Waals surface area (Å²) in [6.45, 7) is 3.16. The van der Waals surface area contributed by atoms with Crippen molar-refractivity contribution in [2.45, 2.75) is 11.3 Å². The quantitative estimate of drug-likeness (QED) is 0.844. The van der Waals surface area contributed by atoms with E-state index in [0.29, 0.717) is 5.92 Å². The first kappa shape index (κ1) is 13.3. The molecule has 4 heteroatoms. The van der Waals surface area contributed by atoms with Crippen molar-refractivity contribution in [2.24, 2.45) is 5.92 Å². The number of rotatable bonds is 4. The van der Waals surface area contributed by atoms with Crippen molar-refractivity contribution >= 4 is 17.4 Å². The second-order valence-corrected chi connectivity index (χ2v) is 5.47. The van der Waals surface area contributed by atoms with Gasteiger partial charge in [-0.25, -0.2) is 0 Å². The van der Waals surface area contributed by atoms with E-state index in [0.717, 1.165) is 35.8 Å². The van der Waals surface area contributed by atoms with Gasteiger partial charge in [0.1, 0.15) is 6.07 Å². The molecule has 1 atom stereocenters. The number of hydrogen-bond donors (Lipinski definition) is 1. The first-order chi connectivity index (χ1) is 8.80. The van der Waals surface area contributed by atoms with Gasteiger partial charge in [0.25, 0.3) is 0 Å². The maximum atomic E-state index is 9.36. The minimum atomic E-state index is 0.694. The van der Waals surface area contributed by atoms with Gasteiger partial charge in [-0.05, 0) is 44.3 Å². The van der Waals surface area contributed by atoms with Crippen molar-refractivity contribution in [3.05, 3.63) is 23.8 Å². The van der Waals surface area contributed by atoms with Gasteiger partial charge in [0.2, 0.25) is 0 Å². The van der Waals surface area contributed by atoms with E-state index in [1.165, 1.54) is 6.42 Å². The molecule has 0 aromatic heterocycles. The Morgan fingerprint density at radius 2 is 2.39 bits per heavy atom. The van der Waals surface area contributed by atoms with E-state index in [2.05, 4.69) is 22.4 Å². The Morgan fingerprint density at radius 1 is 1.56 bits per heavy atom. The van der Waals surface area contributed by atoms with Crippen LogP contribution in [0.2, 0.25) is 0 Å². The number of thioether (sulfide) groups is 1. The van der Waals surface area contributed by atoms with E-state index in [1.54, 1.807) is 11.8 Å². The highest BCUT2D eigenvalue weighted by Gasteiger charge is 2.24. The van der Waals surface area contributed by atoms with Crippen LogP contribution in [0.3, 0.4) is 0 Å². The summed E-state index contributed by atoms with van der Waals surface area (Å²) in [5.74, 6) is 0.694. The fraction of sp³-hybridized carbons (Fsp3) is 0.500. The molecule has 0 bridgehead atoms. The Labute approximate surface area is 113 Å². The molecular weight excluding hydrogens is 242 g/mol. The predicted octanol–water partition coefficient (Wildman–Crippen LogP) is 2.33. The Hall–Kier alpha value is -1.18. The number of anilines is 1. The second kappa shape index (κ2) is 6.12. The number of nitrogens with zero attached hydrogens (tertiary/aromatic N) is 2. The van der Waals surface area contributed by atoms with E-state index in [4.69, 9.17) is 0 Å². The molecule has 0 saturated carbocycles. The Kier molecular flexibility index (Phi) is 4.51. The molecular formula is C14H19N3S. The van der Waals surface area contributed by atoms with Gasteiger partial charge in [-0.3, -0.25) is 0 Å². The summed E-state index contributed by atoms with van der Waals surface area (Å²) in [6, 6.07) is 8.50. The standard InChI is InChI=1S/C14H19N3S/c1-16-9-11-6-7-17(10-11)13-4-3-5-14(18-2)12(13)8-15/h3-5,11,16H,6-7,9-10H2,1-2H3. The molecule has 2 rings (SSSR count). The monoisotopic (exact) mass is 261 g/mol. The summed E-state index contributed by atoms with van der Waals surface area (Å²) >= 11 is 1.64. The highest BCUT2D eigenvalue weighted by molar-refractivity contribution is 7.98. The second-order valence-electron chi connectivity index (χ2n) is 4.62. The van der Waals surface area contributed by atoms with Crippen molar-refractivity contribution in [1.29, 1.82) is 5.26 Å². The molecule has 1 aliphatic rings. The minimum Gasteiger partial charge on any atom is -0.370 e. The molecule has 1 aromatic carbocycles. The summed E-state index contributed by atoms with van der Waals surface area (Å²) in [7, 11) is 2.00. The molecule has 1 unspecified atom stereocenters. The van der Waals surface area contributed by atoms with E-state index in [9.17, 15) is 5.26 Å². The highest BCUT2D eigenvalue weighted by Crippen LogP contribution is 2.32. The largest absolute Gasteiger partial charge is 0.370 e. The van der Waals surface area contributed by atoms with Crippen LogP contribution < -0.4 is 10.2 Å². The zero-order valence-corrected chi connectivity index (χ0v) is 11.8. The van der Waals surface area contributed by atoms with Gasteiger partial charge in [-0.15, -0.1) is 11.8 Å². The maximum Gasteiger partial charge on any atom is 0.103 e. The van der Waals surface area contributed by atoms with Crippen LogP contribution in [0.25, 0.3) is 0 Å². The molecule has 96 valence electrons. The Morgan fingerprint density at radius 3 is 3.06 bits per heavy atom. The number of hydrogen-bond acceptors (Lipinski definition) is 4. The third kappa shape index (κ3) is 2.63. The smallest absolute Gasteiger partial charge is 0.103 e. The Balaban J connectivity index is 2.22. The SMILES string of the molecule is CNCC1CCN(c2cccc(SC)c2C#N)C1. The first-order valence-electron chi connectivity index (χ1n) is 6.26. The normalized spacial score (nSPS) is 18.9. The molecule has 1 aromatic rings. The maximum absolute atomic E-state index is 9.36. The predicted molar refractivity (Wildman–Crippen MR) is 77.2 cm³/mol.